The molecule has 0 amide bonds. The Hall–Kier alpha value is -0.820. The van der Waals surface area contributed by atoms with Gasteiger partial charge >= 0.3 is 0 Å². The van der Waals surface area contributed by atoms with E-state index < -0.39 is 10.0 Å². The smallest absolute Gasteiger partial charge is 0.235 e. The summed E-state index contributed by atoms with van der Waals surface area (Å²) in [6.45, 7) is 2.30. The molecular formula is C15H23ClN2O3S. The Morgan fingerprint density at radius 3 is 2.86 bits per heavy atom. The van der Waals surface area contributed by atoms with Crippen molar-refractivity contribution in [1.29, 1.82) is 0 Å². The standard InChI is InChI=1S/C15H22N2O3S.ClH/c16-9-12-3-4-15-14(8-12)2-1-6-17(15)21(18,19)11-13-5-7-20-10-13;/h3-4,8,13H,1-2,5-7,9-11,16H2;1H. The first kappa shape index (κ1) is 17.5. The summed E-state index contributed by atoms with van der Waals surface area (Å²) in [6.07, 6.45) is 2.62. The number of sulfonamides is 1. The molecule has 1 unspecified atom stereocenters. The second-order valence-electron chi connectivity index (χ2n) is 5.85. The lowest BCUT2D eigenvalue weighted by Crippen LogP contribution is -2.39. The van der Waals surface area contributed by atoms with E-state index in [2.05, 4.69) is 0 Å². The van der Waals surface area contributed by atoms with E-state index >= 15 is 0 Å². The van der Waals surface area contributed by atoms with E-state index in [1.165, 1.54) is 0 Å². The number of anilines is 1. The molecule has 0 spiro atoms. The Balaban J connectivity index is 0.00000176. The Morgan fingerprint density at radius 2 is 2.18 bits per heavy atom. The van der Waals surface area contributed by atoms with Crippen LogP contribution in [0, 0.1) is 5.92 Å². The van der Waals surface area contributed by atoms with Crippen molar-refractivity contribution in [1.82, 2.24) is 0 Å². The summed E-state index contributed by atoms with van der Waals surface area (Å²) >= 11 is 0. The second-order valence-corrected chi connectivity index (χ2v) is 7.79. The van der Waals surface area contributed by atoms with Gasteiger partial charge in [0.25, 0.3) is 0 Å². The number of hydrogen-bond acceptors (Lipinski definition) is 4. The van der Waals surface area contributed by atoms with Crippen molar-refractivity contribution >= 4 is 28.1 Å². The van der Waals surface area contributed by atoms with Gasteiger partial charge in [-0.1, -0.05) is 12.1 Å². The number of fused-ring (bicyclic) bond motifs is 1. The number of hydrogen-bond donors (Lipinski definition) is 1. The van der Waals surface area contributed by atoms with E-state index in [1.54, 1.807) is 4.31 Å². The van der Waals surface area contributed by atoms with Crippen LogP contribution in [0.25, 0.3) is 0 Å². The molecule has 3 rings (SSSR count). The van der Waals surface area contributed by atoms with Gasteiger partial charge in [-0.2, -0.15) is 0 Å². The topological polar surface area (TPSA) is 72.6 Å². The summed E-state index contributed by atoms with van der Waals surface area (Å²) in [7, 11) is -3.28. The van der Waals surface area contributed by atoms with Crippen LogP contribution in [0.1, 0.15) is 24.0 Å². The van der Waals surface area contributed by atoms with Crippen LogP contribution in [-0.2, 0) is 27.7 Å². The molecule has 2 heterocycles. The minimum Gasteiger partial charge on any atom is -0.381 e. The van der Waals surface area contributed by atoms with Gasteiger partial charge in [0.05, 0.1) is 18.0 Å². The van der Waals surface area contributed by atoms with Crippen molar-refractivity contribution in [2.75, 3.05) is 29.8 Å². The lowest BCUT2D eigenvalue weighted by Gasteiger charge is -2.31. The van der Waals surface area contributed by atoms with Crippen molar-refractivity contribution < 1.29 is 13.2 Å². The Labute approximate surface area is 138 Å². The summed E-state index contributed by atoms with van der Waals surface area (Å²) in [5.74, 6) is 0.314. The third kappa shape index (κ3) is 3.56. The van der Waals surface area contributed by atoms with E-state index in [0.717, 1.165) is 36.1 Å². The van der Waals surface area contributed by atoms with E-state index in [1.807, 2.05) is 18.2 Å². The van der Waals surface area contributed by atoms with Crippen LogP contribution < -0.4 is 10.0 Å². The second kappa shape index (κ2) is 7.17. The quantitative estimate of drug-likeness (QED) is 0.900. The Morgan fingerprint density at radius 1 is 1.36 bits per heavy atom. The normalized spacial score (nSPS) is 21.3. The van der Waals surface area contributed by atoms with Crippen molar-refractivity contribution in [3.05, 3.63) is 29.3 Å². The summed E-state index contributed by atoms with van der Waals surface area (Å²) in [6, 6.07) is 5.86. The molecule has 2 aliphatic heterocycles. The molecular weight excluding hydrogens is 324 g/mol. The molecule has 0 aromatic heterocycles. The highest BCUT2D eigenvalue weighted by Crippen LogP contribution is 2.31. The average Bonchev–Trinajstić information content (AvgIpc) is 2.98. The number of benzene rings is 1. The van der Waals surface area contributed by atoms with Crippen molar-refractivity contribution in [2.24, 2.45) is 11.7 Å². The van der Waals surface area contributed by atoms with Gasteiger partial charge in [-0.25, -0.2) is 8.42 Å². The molecule has 2 N–H and O–H groups in total. The minimum atomic E-state index is -3.28. The Bertz CT molecular complexity index is 615. The molecule has 0 aliphatic carbocycles. The summed E-state index contributed by atoms with van der Waals surface area (Å²) in [4.78, 5) is 0. The fraction of sp³-hybridized carbons (Fsp3) is 0.600. The molecule has 1 saturated heterocycles. The number of rotatable bonds is 4. The largest absolute Gasteiger partial charge is 0.381 e. The highest BCUT2D eigenvalue weighted by atomic mass is 35.5. The molecule has 0 bridgehead atoms. The zero-order valence-corrected chi connectivity index (χ0v) is 14.2. The third-order valence-corrected chi connectivity index (χ3v) is 6.21. The molecule has 1 atom stereocenters. The average molecular weight is 347 g/mol. The van der Waals surface area contributed by atoms with Gasteiger partial charge < -0.3 is 10.5 Å². The maximum atomic E-state index is 12.7. The van der Waals surface area contributed by atoms with Gasteiger partial charge in [-0.3, -0.25) is 4.31 Å². The SMILES string of the molecule is Cl.NCc1ccc2c(c1)CCCN2S(=O)(=O)CC1CCOC1. The van der Waals surface area contributed by atoms with Crippen molar-refractivity contribution in [2.45, 2.75) is 25.8 Å². The zero-order chi connectivity index (χ0) is 14.9. The van der Waals surface area contributed by atoms with Gasteiger partial charge in [-0.15, -0.1) is 12.4 Å². The summed E-state index contributed by atoms with van der Waals surface area (Å²) in [5, 5.41) is 0. The van der Waals surface area contributed by atoms with Gasteiger partial charge in [0, 0.05) is 25.6 Å². The molecule has 1 fully saturated rings. The molecule has 0 saturated carbocycles. The number of ether oxygens (including phenoxy) is 1. The molecule has 7 heteroatoms. The predicted molar refractivity (Wildman–Crippen MR) is 90.0 cm³/mol. The van der Waals surface area contributed by atoms with Crippen LogP contribution in [0.5, 0.6) is 0 Å². The molecule has 2 aliphatic rings. The fourth-order valence-corrected chi connectivity index (χ4v) is 5.06. The molecule has 22 heavy (non-hydrogen) atoms. The third-order valence-electron chi connectivity index (χ3n) is 4.26. The van der Waals surface area contributed by atoms with Crippen LogP contribution in [-0.4, -0.2) is 33.9 Å². The van der Waals surface area contributed by atoms with Gasteiger partial charge in [0.1, 0.15) is 0 Å². The van der Waals surface area contributed by atoms with E-state index in [9.17, 15) is 8.42 Å². The first-order valence-electron chi connectivity index (χ1n) is 7.50. The van der Waals surface area contributed by atoms with Crippen LogP contribution in [0.15, 0.2) is 18.2 Å². The van der Waals surface area contributed by atoms with E-state index in [0.29, 0.717) is 26.3 Å². The van der Waals surface area contributed by atoms with Gasteiger partial charge in [0.15, 0.2) is 0 Å². The highest BCUT2D eigenvalue weighted by Gasteiger charge is 2.31. The minimum absolute atomic E-state index is 0. The summed E-state index contributed by atoms with van der Waals surface area (Å²) in [5.41, 5.74) is 8.64. The molecule has 5 nitrogen and oxygen atoms in total. The number of nitrogens with two attached hydrogens (primary N) is 1. The van der Waals surface area contributed by atoms with E-state index in [4.69, 9.17) is 10.5 Å². The lowest BCUT2D eigenvalue weighted by atomic mass is 10.0. The number of aryl methyl sites for hydroxylation is 1. The van der Waals surface area contributed by atoms with Crippen LogP contribution in [0.3, 0.4) is 0 Å². The van der Waals surface area contributed by atoms with Crippen LogP contribution in [0.4, 0.5) is 5.69 Å². The summed E-state index contributed by atoms with van der Waals surface area (Å²) < 4.78 is 32.3. The fourth-order valence-electron chi connectivity index (χ4n) is 3.13. The van der Waals surface area contributed by atoms with Crippen LogP contribution >= 0.6 is 12.4 Å². The number of halogens is 1. The monoisotopic (exact) mass is 346 g/mol. The molecule has 0 radical (unpaired) electrons. The lowest BCUT2D eigenvalue weighted by molar-refractivity contribution is 0.188. The van der Waals surface area contributed by atoms with Crippen molar-refractivity contribution in [3.63, 3.8) is 0 Å². The van der Waals surface area contributed by atoms with Crippen LogP contribution in [0.2, 0.25) is 0 Å². The first-order chi connectivity index (χ1) is 10.1. The maximum Gasteiger partial charge on any atom is 0.235 e. The first-order valence-corrected chi connectivity index (χ1v) is 9.11. The molecule has 1 aromatic rings. The maximum absolute atomic E-state index is 12.7. The highest BCUT2D eigenvalue weighted by molar-refractivity contribution is 7.92. The molecule has 1 aromatic carbocycles. The zero-order valence-electron chi connectivity index (χ0n) is 12.5. The van der Waals surface area contributed by atoms with E-state index in [-0.39, 0.29) is 24.1 Å². The van der Waals surface area contributed by atoms with Gasteiger partial charge in [-0.05, 0) is 36.5 Å². The van der Waals surface area contributed by atoms with Crippen molar-refractivity contribution in [3.8, 4) is 0 Å². The Kier molecular flexibility index (Phi) is 5.71. The number of nitrogens with zero attached hydrogens (tertiary/aromatic N) is 1. The predicted octanol–water partition coefficient (Wildman–Crippen LogP) is 1.69. The molecule has 124 valence electrons. The van der Waals surface area contributed by atoms with Gasteiger partial charge in [0.2, 0.25) is 10.0 Å².